The maximum atomic E-state index is 15.0. The minimum Gasteiger partial charge on any atom is -0.508 e. The van der Waals surface area contributed by atoms with Gasteiger partial charge in [0.25, 0.3) is 0 Å². The van der Waals surface area contributed by atoms with Gasteiger partial charge in [-0.1, -0.05) is 54.6 Å². The number of amides is 4. The molecule has 5 aliphatic rings. The minimum atomic E-state index is -1.20. The van der Waals surface area contributed by atoms with E-state index in [4.69, 9.17) is 16.7 Å². The molecule has 9 rings (SSSR count). The number of anilines is 1. The van der Waals surface area contributed by atoms with Crippen molar-refractivity contribution in [3.63, 3.8) is 0 Å². The SMILES string of the molecule is Cc1c(-c2cc(N3C(=O)[C@@H]4C[C@@H]5C(=CC[C@@H]6C(=O)N(C7CCCCC7)C(=O)[C@@H]65)[C@H](c5cccc(O)c5)[C@]4(C)C3=O)n(C)n2)sc2ccc(Cl)cc12. The average molecular weight is 723 g/mol. The van der Waals surface area contributed by atoms with Crippen molar-refractivity contribution in [2.75, 3.05) is 4.90 Å². The summed E-state index contributed by atoms with van der Waals surface area (Å²) in [4.78, 5) is 61.8. The number of phenols is 1. The average Bonchev–Trinajstić information content (AvgIpc) is 3.78. The number of hydrogen-bond donors (Lipinski definition) is 1. The number of imide groups is 2. The first-order valence-electron chi connectivity index (χ1n) is 18.0. The summed E-state index contributed by atoms with van der Waals surface area (Å²) >= 11 is 7.90. The molecule has 11 heteroatoms. The molecule has 1 N–H and O–H groups in total. The molecule has 4 aromatic rings. The van der Waals surface area contributed by atoms with Crippen molar-refractivity contribution in [1.29, 1.82) is 0 Å². The Morgan fingerprint density at radius 1 is 0.961 bits per heavy atom. The van der Waals surface area contributed by atoms with E-state index in [9.17, 15) is 24.3 Å². The molecule has 9 nitrogen and oxygen atoms in total. The summed E-state index contributed by atoms with van der Waals surface area (Å²) in [5, 5.41) is 17.1. The van der Waals surface area contributed by atoms with Crippen molar-refractivity contribution in [2.45, 2.75) is 70.8 Å². The van der Waals surface area contributed by atoms with Gasteiger partial charge in [-0.25, -0.2) is 4.90 Å². The number of carbonyl (C=O) groups excluding carboxylic acids is 4. The smallest absolute Gasteiger partial charge is 0.242 e. The van der Waals surface area contributed by atoms with Crippen LogP contribution < -0.4 is 4.90 Å². The first-order valence-corrected chi connectivity index (χ1v) is 19.2. The number of hydrogen-bond acceptors (Lipinski definition) is 7. The summed E-state index contributed by atoms with van der Waals surface area (Å²) in [5.41, 5.74) is 2.11. The number of aromatic hydroxyl groups is 1. The molecule has 3 aliphatic carbocycles. The number of rotatable bonds is 4. The van der Waals surface area contributed by atoms with Gasteiger partial charge in [0, 0.05) is 34.8 Å². The molecule has 2 aliphatic heterocycles. The zero-order valence-corrected chi connectivity index (χ0v) is 30.3. The second kappa shape index (κ2) is 11.6. The van der Waals surface area contributed by atoms with Gasteiger partial charge >= 0.3 is 0 Å². The Morgan fingerprint density at radius 2 is 1.75 bits per heavy atom. The van der Waals surface area contributed by atoms with E-state index in [1.54, 1.807) is 46.2 Å². The largest absolute Gasteiger partial charge is 0.508 e. The number of likely N-dealkylation sites (tertiary alicyclic amines) is 1. The van der Waals surface area contributed by atoms with Gasteiger partial charge in [0.05, 0.1) is 28.0 Å². The van der Waals surface area contributed by atoms with Gasteiger partial charge in [-0.3, -0.25) is 28.8 Å². The molecule has 4 heterocycles. The fourth-order valence-corrected chi connectivity index (χ4v) is 11.6. The summed E-state index contributed by atoms with van der Waals surface area (Å²) in [5.74, 6) is -3.20. The lowest BCUT2D eigenvalue weighted by Gasteiger charge is -2.49. The molecular formula is C40H39ClN4O5S. The third-order valence-electron chi connectivity index (χ3n) is 12.7. The predicted molar refractivity (Wildman–Crippen MR) is 195 cm³/mol. The fourth-order valence-electron chi connectivity index (χ4n) is 10.3. The van der Waals surface area contributed by atoms with Crippen LogP contribution in [0.1, 0.15) is 68.9 Å². The zero-order chi connectivity index (χ0) is 35.5. The van der Waals surface area contributed by atoms with Crippen molar-refractivity contribution in [2.24, 2.45) is 36.1 Å². The molecule has 262 valence electrons. The summed E-state index contributed by atoms with van der Waals surface area (Å²) in [6.45, 7) is 3.89. The van der Waals surface area contributed by atoms with E-state index >= 15 is 0 Å². The number of fused-ring (bicyclic) bond motifs is 5. The van der Waals surface area contributed by atoms with Gasteiger partial charge in [-0.15, -0.1) is 11.3 Å². The minimum absolute atomic E-state index is 0.0598. The second-order valence-electron chi connectivity index (χ2n) is 15.3. The van der Waals surface area contributed by atoms with Crippen molar-refractivity contribution in [3.8, 4) is 16.3 Å². The van der Waals surface area contributed by atoms with E-state index in [0.717, 1.165) is 58.2 Å². The molecule has 2 aromatic heterocycles. The summed E-state index contributed by atoms with van der Waals surface area (Å²) in [7, 11) is 1.74. The van der Waals surface area contributed by atoms with Crippen LogP contribution in [0.2, 0.25) is 5.02 Å². The normalized spacial score (nSPS) is 29.5. The van der Waals surface area contributed by atoms with Crippen LogP contribution >= 0.6 is 22.9 Å². The van der Waals surface area contributed by atoms with Gasteiger partial charge in [0.2, 0.25) is 23.6 Å². The molecular weight excluding hydrogens is 684 g/mol. The molecule has 6 atom stereocenters. The predicted octanol–water partition coefficient (Wildman–Crippen LogP) is 7.53. The van der Waals surface area contributed by atoms with Crippen LogP contribution in [0.4, 0.5) is 5.82 Å². The number of thiophene rings is 1. The Kier molecular flexibility index (Phi) is 7.43. The third kappa shape index (κ3) is 4.61. The van der Waals surface area contributed by atoms with Crippen LogP contribution in [0.15, 0.2) is 60.2 Å². The lowest BCUT2D eigenvalue weighted by Crippen LogP contribution is -2.49. The van der Waals surface area contributed by atoms with Crippen molar-refractivity contribution in [1.82, 2.24) is 14.7 Å². The Balaban J connectivity index is 1.14. The van der Waals surface area contributed by atoms with Crippen molar-refractivity contribution in [3.05, 3.63) is 76.3 Å². The molecule has 0 spiro atoms. The Labute approximate surface area is 304 Å². The standard InChI is InChI=1S/C40H39ClN4O5S/c1-20-27-17-22(41)12-15-31(27)51-35(20)30-19-32(43(3)42-30)45-37(48)29-18-28-25(34(40(29,2)39(45)50)21-8-7-11-24(46)16-21)13-14-26-33(28)38(49)44(36(26)47)23-9-5-4-6-10-23/h7-8,11-13,15-17,19,23,26,28-29,33-34,46H,4-6,9-10,14,18H2,1-3H3/t26-,28+,29-,33-,34-,40+/m0/s1. The highest BCUT2D eigenvalue weighted by molar-refractivity contribution is 7.22. The number of carbonyl (C=O) groups is 4. The van der Waals surface area contributed by atoms with Crippen LogP contribution in [-0.4, -0.2) is 49.5 Å². The van der Waals surface area contributed by atoms with Crippen LogP contribution in [0.5, 0.6) is 5.75 Å². The highest BCUT2D eigenvalue weighted by atomic mass is 35.5. The van der Waals surface area contributed by atoms with Gasteiger partial charge in [-0.2, -0.15) is 5.10 Å². The molecule has 2 saturated heterocycles. The van der Waals surface area contributed by atoms with E-state index in [0.29, 0.717) is 28.5 Å². The van der Waals surface area contributed by atoms with Crippen LogP contribution in [0.3, 0.4) is 0 Å². The number of nitrogens with zero attached hydrogens (tertiary/aromatic N) is 4. The number of aryl methyl sites for hydroxylation is 2. The number of halogens is 1. The Bertz CT molecular complexity index is 2220. The molecule has 4 amide bonds. The number of allylic oxidation sites excluding steroid dienone is 2. The molecule has 0 unspecified atom stereocenters. The van der Waals surface area contributed by atoms with Gasteiger partial charge < -0.3 is 5.11 Å². The van der Waals surface area contributed by atoms with Crippen LogP contribution in [0, 0.1) is 36.0 Å². The maximum Gasteiger partial charge on any atom is 0.242 e. The van der Waals surface area contributed by atoms with E-state index in [-0.39, 0.29) is 47.8 Å². The number of benzene rings is 2. The Hall–Kier alpha value is -4.28. The number of phenolic OH excluding ortho intramolecular Hbond substituents is 1. The summed E-state index contributed by atoms with van der Waals surface area (Å²) in [6, 6.07) is 14.4. The first-order chi connectivity index (χ1) is 24.5. The molecule has 2 saturated carbocycles. The summed E-state index contributed by atoms with van der Waals surface area (Å²) < 4.78 is 2.66. The van der Waals surface area contributed by atoms with Gasteiger partial charge in [0.1, 0.15) is 17.3 Å². The van der Waals surface area contributed by atoms with Crippen LogP contribution in [-0.2, 0) is 26.2 Å². The lowest BCUT2D eigenvalue weighted by molar-refractivity contribution is -0.144. The van der Waals surface area contributed by atoms with Crippen molar-refractivity contribution >= 4 is 62.5 Å². The third-order valence-corrected chi connectivity index (χ3v) is 14.2. The van der Waals surface area contributed by atoms with Crippen LogP contribution in [0.25, 0.3) is 20.7 Å². The monoisotopic (exact) mass is 722 g/mol. The maximum absolute atomic E-state index is 15.0. The van der Waals surface area contributed by atoms with E-state index in [1.165, 1.54) is 4.90 Å². The van der Waals surface area contributed by atoms with E-state index in [2.05, 4.69) is 6.08 Å². The van der Waals surface area contributed by atoms with Gasteiger partial charge in [0.15, 0.2) is 0 Å². The second-order valence-corrected chi connectivity index (χ2v) is 16.8. The van der Waals surface area contributed by atoms with E-state index < -0.39 is 29.1 Å². The highest BCUT2D eigenvalue weighted by Gasteiger charge is 2.68. The first kappa shape index (κ1) is 32.6. The molecule has 2 aromatic carbocycles. The Morgan fingerprint density at radius 3 is 2.51 bits per heavy atom. The lowest BCUT2D eigenvalue weighted by atomic mass is 9.51. The highest BCUT2D eigenvalue weighted by Crippen LogP contribution is 2.64. The van der Waals surface area contributed by atoms with Crippen molar-refractivity contribution < 1.29 is 24.3 Å². The molecule has 51 heavy (non-hydrogen) atoms. The molecule has 0 radical (unpaired) electrons. The fraction of sp³-hybridized carbons (Fsp3) is 0.425. The molecule has 4 fully saturated rings. The molecule has 0 bridgehead atoms. The van der Waals surface area contributed by atoms with Gasteiger partial charge in [-0.05, 0) is 92.3 Å². The number of aromatic nitrogens is 2. The quantitative estimate of drug-likeness (QED) is 0.172. The topological polar surface area (TPSA) is 113 Å². The summed E-state index contributed by atoms with van der Waals surface area (Å²) in [6.07, 6.45) is 7.55. The van der Waals surface area contributed by atoms with E-state index in [1.807, 2.05) is 44.2 Å². The zero-order valence-electron chi connectivity index (χ0n) is 28.8.